The standard InChI is InChI=1S/C19H18BrN3O5/c1-11(22-28-19(2,3)4)27-16-6-5-7-23(26)17(16)18(25)13-9-14(20)12(10-21)8-15(13)24/h5-9,24H,1-4H3/b22-11-. The first-order valence-electron chi connectivity index (χ1n) is 8.13. The monoisotopic (exact) mass is 447 g/mol. The van der Waals surface area contributed by atoms with E-state index in [4.69, 9.17) is 14.8 Å². The molecule has 28 heavy (non-hydrogen) atoms. The Morgan fingerprint density at radius 1 is 1.39 bits per heavy atom. The molecule has 1 N–H and O–H groups in total. The van der Waals surface area contributed by atoms with E-state index in [1.54, 1.807) is 20.8 Å². The summed E-state index contributed by atoms with van der Waals surface area (Å²) in [5.74, 6) is -1.18. The summed E-state index contributed by atoms with van der Waals surface area (Å²) in [5, 5.41) is 35.2. The van der Waals surface area contributed by atoms with E-state index in [1.165, 1.54) is 25.1 Å². The van der Waals surface area contributed by atoms with Gasteiger partial charge in [0.15, 0.2) is 6.20 Å². The normalized spacial score (nSPS) is 11.6. The SMILES string of the molecule is C/C(=N/OC(C)(C)C)Oc1ccc[n+]([O-])c1C(=O)c1cc(Br)c(C#N)cc1O. The maximum atomic E-state index is 12.9. The number of benzene rings is 1. The molecule has 0 unspecified atom stereocenters. The van der Waals surface area contributed by atoms with Crippen LogP contribution in [0.15, 0.2) is 40.1 Å². The second-order valence-corrected chi connectivity index (χ2v) is 7.61. The van der Waals surface area contributed by atoms with Crippen LogP contribution in [0.25, 0.3) is 0 Å². The van der Waals surface area contributed by atoms with Crippen LogP contribution in [0.5, 0.6) is 11.5 Å². The molecule has 9 heteroatoms. The van der Waals surface area contributed by atoms with E-state index in [2.05, 4.69) is 21.1 Å². The first-order chi connectivity index (χ1) is 13.0. The quantitative estimate of drug-likeness (QED) is 0.191. The minimum absolute atomic E-state index is 0.0545. The van der Waals surface area contributed by atoms with Crippen molar-refractivity contribution >= 4 is 27.6 Å². The summed E-state index contributed by atoms with van der Waals surface area (Å²) in [6, 6.07) is 7.12. The number of aromatic nitrogens is 1. The number of halogens is 1. The Morgan fingerprint density at radius 2 is 2.07 bits per heavy atom. The van der Waals surface area contributed by atoms with Crippen LogP contribution in [-0.4, -0.2) is 22.4 Å². The predicted octanol–water partition coefficient (Wildman–Crippen LogP) is 3.42. The van der Waals surface area contributed by atoms with Gasteiger partial charge in [-0.3, -0.25) is 4.79 Å². The number of carbonyl (C=O) groups excluding carboxylic acids is 1. The second kappa shape index (κ2) is 8.27. The molecule has 1 aromatic heterocycles. The molecule has 0 atom stereocenters. The molecule has 0 saturated heterocycles. The summed E-state index contributed by atoms with van der Waals surface area (Å²) in [6.07, 6.45) is 1.13. The van der Waals surface area contributed by atoms with Gasteiger partial charge in [-0.25, -0.2) is 0 Å². The molecule has 0 aliphatic rings. The molecule has 0 bridgehead atoms. The van der Waals surface area contributed by atoms with Crippen LogP contribution < -0.4 is 9.47 Å². The zero-order valence-corrected chi connectivity index (χ0v) is 17.3. The van der Waals surface area contributed by atoms with Crippen molar-refractivity contribution in [3.05, 3.63) is 57.0 Å². The van der Waals surface area contributed by atoms with E-state index in [-0.39, 0.29) is 28.5 Å². The number of hydrogen-bond acceptors (Lipinski definition) is 7. The molecule has 2 rings (SSSR count). The number of phenolic OH excluding ortho intramolecular Hbond substituents is 1. The first-order valence-corrected chi connectivity index (χ1v) is 8.93. The van der Waals surface area contributed by atoms with Crippen molar-refractivity contribution in [1.82, 2.24) is 0 Å². The van der Waals surface area contributed by atoms with Gasteiger partial charge in [0.2, 0.25) is 11.6 Å². The number of pyridine rings is 1. The van der Waals surface area contributed by atoms with Gasteiger partial charge in [-0.15, -0.1) is 0 Å². The first kappa shape index (κ1) is 21.2. The number of rotatable bonds is 4. The lowest BCUT2D eigenvalue weighted by Crippen LogP contribution is -2.35. The highest BCUT2D eigenvalue weighted by Crippen LogP contribution is 2.29. The van der Waals surface area contributed by atoms with Crippen LogP contribution in [-0.2, 0) is 4.84 Å². The van der Waals surface area contributed by atoms with Crippen LogP contribution in [0, 0.1) is 16.5 Å². The minimum atomic E-state index is -0.780. The maximum Gasteiger partial charge on any atom is 0.308 e. The molecule has 0 saturated carbocycles. The van der Waals surface area contributed by atoms with Crippen molar-refractivity contribution in [1.29, 1.82) is 5.26 Å². The minimum Gasteiger partial charge on any atom is -0.618 e. The number of carbonyl (C=O) groups is 1. The summed E-state index contributed by atoms with van der Waals surface area (Å²) in [4.78, 5) is 18.2. The van der Waals surface area contributed by atoms with Crippen LogP contribution >= 0.6 is 15.9 Å². The average Bonchev–Trinajstić information content (AvgIpc) is 2.60. The number of ether oxygens (including phenoxy) is 1. The van der Waals surface area contributed by atoms with Gasteiger partial charge in [0.25, 0.3) is 5.78 Å². The topological polar surface area (TPSA) is 119 Å². The Hall–Kier alpha value is -3.12. The number of nitriles is 1. The number of ketones is 1. The van der Waals surface area contributed by atoms with E-state index in [0.717, 1.165) is 12.3 Å². The van der Waals surface area contributed by atoms with E-state index < -0.39 is 17.1 Å². The van der Waals surface area contributed by atoms with Crippen molar-refractivity contribution in [3.63, 3.8) is 0 Å². The fourth-order valence-electron chi connectivity index (χ4n) is 2.10. The third-order valence-corrected chi connectivity index (χ3v) is 3.95. The van der Waals surface area contributed by atoms with Gasteiger partial charge in [-0.1, -0.05) is 5.16 Å². The summed E-state index contributed by atoms with van der Waals surface area (Å²) < 4.78 is 6.16. The van der Waals surface area contributed by atoms with Crippen molar-refractivity contribution in [2.24, 2.45) is 5.16 Å². The van der Waals surface area contributed by atoms with E-state index in [9.17, 15) is 15.1 Å². The lowest BCUT2D eigenvalue weighted by atomic mass is 10.0. The molecule has 146 valence electrons. The van der Waals surface area contributed by atoms with Gasteiger partial charge < -0.3 is 19.9 Å². The Labute approximate surface area is 170 Å². The predicted molar refractivity (Wildman–Crippen MR) is 104 cm³/mol. The van der Waals surface area contributed by atoms with Crippen LogP contribution in [0.3, 0.4) is 0 Å². The number of phenols is 1. The van der Waals surface area contributed by atoms with Crippen molar-refractivity contribution in [3.8, 4) is 17.6 Å². The van der Waals surface area contributed by atoms with E-state index >= 15 is 0 Å². The van der Waals surface area contributed by atoms with E-state index in [0.29, 0.717) is 9.20 Å². The van der Waals surface area contributed by atoms with Gasteiger partial charge in [0, 0.05) is 17.5 Å². The lowest BCUT2D eigenvalue weighted by Gasteiger charge is -2.16. The molecular weight excluding hydrogens is 430 g/mol. The largest absolute Gasteiger partial charge is 0.618 e. The van der Waals surface area contributed by atoms with Crippen LogP contribution in [0.4, 0.5) is 0 Å². The van der Waals surface area contributed by atoms with Crippen molar-refractivity contribution in [2.75, 3.05) is 0 Å². The zero-order valence-electron chi connectivity index (χ0n) is 15.7. The molecule has 0 amide bonds. The van der Waals surface area contributed by atoms with Crippen molar-refractivity contribution in [2.45, 2.75) is 33.3 Å². The fraction of sp³-hybridized carbons (Fsp3) is 0.263. The van der Waals surface area contributed by atoms with Gasteiger partial charge in [-0.05, 0) is 54.9 Å². The molecule has 0 aliphatic carbocycles. The average molecular weight is 448 g/mol. The summed E-state index contributed by atoms with van der Waals surface area (Å²) >= 11 is 3.16. The Balaban J connectivity index is 2.46. The van der Waals surface area contributed by atoms with Gasteiger partial charge in [0.1, 0.15) is 17.4 Å². The smallest absolute Gasteiger partial charge is 0.308 e. The van der Waals surface area contributed by atoms with E-state index in [1.807, 2.05) is 6.07 Å². The lowest BCUT2D eigenvalue weighted by molar-refractivity contribution is -0.607. The second-order valence-electron chi connectivity index (χ2n) is 6.75. The Kier molecular flexibility index (Phi) is 6.26. The summed E-state index contributed by atoms with van der Waals surface area (Å²) in [5.41, 5.74) is -0.901. The van der Waals surface area contributed by atoms with Gasteiger partial charge in [-0.2, -0.15) is 9.99 Å². The number of nitrogens with zero attached hydrogens (tertiary/aromatic N) is 3. The number of hydrogen-bond donors (Lipinski definition) is 1. The van der Waals surface area contributed by atoms with Gasteiger partial charge >= 0.3 is 5.69 Å². The molecule has 1 heterocycles. The van der Waals surface area contributed by atoms with Gasteiger partial charge in [0.05, 0.1) is 11.1 Å². The molecule has 0 spiro atoms. The summed E-state index contributed by atoms with van der Waals surface area (Å²) in [7, 11) is 0. The van der Waals surface area contributed by atoms with Crippen LogP contribution in [0.2, 0.25) is 0 Å². The molecule has 0 radical (unpaired) electrons. The Bertz CT molecular complexity index is 990. The third-order valence-electron chi connectivity index (χ3n) is 3.29. The number of aromatic hydroxyl groups is 1. The highest BCUT2D eigenvalue weighted by atomic mass is 79.9. The zero-order chi connectivity index (χ0) is 21.1. The van der Waals surface area contributed by atoms with Crippen molar-refractivity contribution < 1.29 is 24.2 Å². The van der Waals surface area contributed by atoms with Crippen LogP contribution in [0.1, 0.15) is 49.3 Å². The molecule has 2 aromatic rings. The third kappa shape index (κ3) is 4.98. The number of oxime groups is 1. The molecule has 8 nitrogen and oxygen atoms in total. The molecule has 0 fully saturated rings. The fourth-order valence-corrected chi connectivity index (χ4v) is 2.53. The maximum absolute atomic E-state index is 12.9. The molecular formula is C19H18BrN3O5. The highest BCUT2D eigenvalue weighted by Gasteiger charge is 2.28. The molecule has 1 aromatic carbocycles. The Morgan fingerprint density at radius 3 is 2.68 bits per heavy atom. The highest BCUT2D eigenvalue weighted by molar-refractivity contribution is 9.10. The molecule has 0 aliphatic heterocycles. The summed E-state index contributed by atoms with van der Waals surface area (Å²) in [6.45, 7) is 6.92.